The van der Waals surface area contributed by atoms with Crippen molar-refractivity contribution < 1.29 is 4.74 Å². The van der Waals surface area contributed by atoms with Crippen molar-refractivity contribution >= 4 is 22.5 Å². The van der Waals surface area contributed by atoms with E-state index < -0.39 is 0 Å². The van der Waals surface area contributed by atoms with E-state index in [0.29, 0.717) is 5.95 Å². The summed E-state index contributed by atoms with van der Waals surface area (Å²) in [4.78, 5) is 11.2. The minimum Gasteiger partial charge on any atom is -0.489 e. The van der Waals surface area contributed by atoms with Gasteiger partial charge < -0.3 is 15.0 Å². The summed E-state index contributed by atoms with van der Waals surface area (Å²) in [5.41, 5.74) is 1.88. The second-order valence-corrected chi connectivity index (χ2v) is 6.19. The Labute approximate surface area is 141 Å². The number of ether oxygens (including phenoxy) is 1. The van der Waals surface area contributed by atoms with Crippen LogP contribution < -0.4 is 10.1 Å². The van der Waals surface area contributed by atoms with Crippen LogP contribution >= 0.6 is 0 Å². The number of anilines is 2. The van der Waals surface area contributed by atoms with E-state index in [-0.39, 0.29) is 6.10 Å². The number of aromatic nitrogens is 2. The highest BCUT2D eigenvalue weighted by atomic mass is 16.5. The number of nitrogens with one attached hydrogen (secondary N) is 1. The predicted octanol–water partition coefficient (Wildman–Crippen LogP) is 3.46. The number of hydrogen-bond acceptors (Lipinski definition) is 5. The summed E-state index contributed by atoms with van der Waals surface area (Å²) in [5.74, 6) is 1.50. The van der Waals surface area contributed by atoms with Crippen molar-refractivity contribution in [2.45, 2.75) is 12.5 Å². The molecule has 1 saturated heterocycles. The first-order chi connectivity index (χ1) is 11.8. The predicted molar refractivity (Wildman–Crippen MR) is 95.8 cm³/mol. The number of likely N-dealkylation sites (tertiary alicyclic amines) is 1. The second-order valence-electron chi connectivity index (χ2n) is 6.19. The molecule has 2 heterocycles. The maximum absolute atomic E-state index is 6.01. The highest BCUT2D eigenvalue weighted by Gasteiger charge is 2.20. The number of rotatable bonds is 4. The second kappa shape index (κ2) is 6.45. The van der Waals surface area contributed by atoms with Crippen molar-refractivity contribution in [3.8, 4) is 5.75 Å². The summed E-state index contributed by atoms with van der Waals surface area (Å²) in [6.07, 6.45) is 3.21. The zero-order valence-electron chi connectivity index (χ0n) is 13.6. The third-order valence-corrected chi connectivity index (χ3v) is 4.25. The van der Waals surface area contributed by atoms with Gasteiger partial charge in [0.15, 0.2) is 0 Å². The van der Waals surface area contributed by atoms with E-state index in [1.807, 2.05) is 54.7 Å². The summed E-state index contributed by atoms with van der Waals surface area (Å²) in [7, 11) is 2.12. The fourth-order valence-electron chi connectivity index (χ4n) is 2.96. The third kappa shape index (κ3) is 3.31. The zero-order valence-corrected chi connectivity index (χ0v) is 13.6. The minimum atomic E-state index is 0.289. The van der Waals surface area contributed by atoms with E-state index in [2.05, 4.69) is 27.2 Å². The van der Waals surface area contributed by atoms with Gasteiger partial charge in [0.2, 0.25) is 5.95 Å². The largest absolute Gasteiger partial charge is 0.489 e. The SMILES string of the molecule is CN1CCC(Oc2ccc(Nc3ncc4ccccc4n3)cc2)C1. The Morgan fingerprint density at radius 3 is 2.75 bits per heavy atom. The fourth-order valence-corrected chi connectivity index (χ4v) is 2.96. The van der Waals surface area contributed by atoms with Crippen molar-refractivity contribution in [2.75, 3.05) is 25.5 Å². The molecule has 5 heteroatoms. The van der Waals surface area contributed by atoms with Crippen molar-refractivity contribution in [3.63, 3.8) is 0 Å². The molecule has 0 saturated carbocycles. The van der Waals surface area contributed by atoms with Gasteiger partial charge in [-0.05, 0) is 43.8 Å². The fraction of sp³-hybridized carbons (Fsp3) is 0.263. The van der Waals surface area contributed by atoms with Crippen LogP contribution in [0.1, 0.15) is 6.42 Å². The van der Waals surface area contributed by atoms with Gasteiger partial charge in [0, 0.05) is 30.4 Å². The topological polar surface area (TPSA) is 50.3 Å². The molecule has 122 valence electrons. The van der Waals surface area contributed by atoms with Crippen molar-refractivity contribution in [1.82, 2.24) is 14.9 Å². The van der Waals surface area contributed by atoms with Crippen LogP contribution in [-0.2, 0) is 0 Å². The van der Waals surface area contributed by atoms with Gasteiger partial charge in [0.05, 0.1) is 5.52 Å². The van der Waals surface area contributed by atoms with Gasteiger partial charge in [-0.3, -0.25) is 0 Å². The van der Waals surface area contributed by atoms with E-state index in [4.69, 9.17) is 4.74 Å². The number of benzene rings is 2. The molecule has 1 aliphatic rings. The minimum absolute atomic E-state index is 0.289. The van der Waals surface area contributed by atoms with Crippen LogP contribution in [0, 0.1) is 0 Å². The van der Waals surface area contributed by atoms with Crippen LogP contribution in [-0.4, -0.2) is 41.1 Å². The van der Waals surface area contributed by atoms with Crippen LogP contribution in [0.4, 0.5) is 11.6 Å². The molecule has 0 bridgehead atoms. The first kappa shape index (κ1) is 14.9. The molecule has 5 nitrogen and oxygen atoms in total. The molecule has 1 N–H and O–H groups in total. The molecule has 1 unspecified atom stereocenters. The Bertz CT molecular complexity index is 834. The zero-order chi connectivity index (χ0) is 16.4. The molecule has 24 heavy (non-hydrogen) atoms. The lowest BCUT2D eigenvalue weighted by Crippen LogP contribution is -2.21. The van der Waals surface area contributed by atoms with E-state index in [9.17, 15) is 0 Å². The molecule has 3 aromatic rings. The summed E-state index contributed by atoms with van der Waals surface area (Å²) >= 11 is 0. The molecule has 0 amide bonds. The van der Waals surface area contributed by atoms with Crippen molar-refractivity contribution in [3.05, 3.63) is 54.7 Å². The highest BCUT2D eigenvalue weighted by molar-refractivity contribution is 5.78. The van der Waals surface area contributed by atoms with Crippen molar-refractivity contribution in [1.29, 1.82) is 0 Å². The van der Waals surface area contributed by atoms with Crippen LogP contribution in [0.3, 0.4) is 0 Å². The lowest BCUT2D eigenvalue weighted by molar-refractivity contribution is 0.208. The summed E-state index contributed by atoms with van der Waals surface area (Å²) in [6.45, 7) is 2.09. The standard InChI is InChI=1S/C19H20N4O/c1-23-11-10-17(13-23)24-16-8-6-15(7-9-16)21-19-20-12-14-4-2-3-5-18(14)22-19/h2-9,12,17H,10-11,13H2,1H3,(H,20,21,22). The highest BCUT2D eigenvalue weighted by Crippen LogP contribution is 2.22. The number of para-hydroxylation sites is 1. The van der Waals surface area contributed by atoms with E-state index in [1.54, 1.807) is 0 Å². The molecule has 4 rings (SSSR count). The third-order valence-electron chi connectivity index (χ3n) is 4.25. The number of hydrogen-bond donors (Lipinski definition) is 1. The van der Waals surface area contributed by atoms with Crippen LogP contribution in [0.25, 0.3) is 10.9 Å². The number of fused-ring (bicyclic) bond motifs is 1. The van der Waals surface area contributed by atoms with Gasteiger partial charge in [0.25, 0.3) is 0 Å². The lowest BCUT2D eigenvalue weighted by Gasteiger charge is -2.14. The lowest BCUT2D eigenvalue weighted by atomic mass is 10.2. The van der Waals surface area contributed by atoms with Crippen LogP contribution in [0.2, 0.25) is 0 Å². The van der Waals surface area contributed by atoms with Gasteiger partial charge in [0.1, 0.15) is 11.9 Å². The van der Waals surface area contributed by atoms with Crippen molar-refractivity contribution in [2.24, 2.45) is 0 Å². The maximum Gasteiger partial charge on any atom is 0.227 e. The molecule has 0 aliphatic carbocycles. The maximum atomic E-state index is 6.01. The number of nitrogens with zero attached hydrogens (tertiary/aromatic N) is 3. The Morgan fingerprint density at radius 2 is 1.96 bits per heavy atom. The van der Waals surface area contributed by atoms with Crippen LogP contribution in [0.5, 0.6) is 5.75 Å². The summed E-state index contributed by atoms with van der Waals surface area (Å²) in [6, 6.07) is 15.9. The smallest absolute Gasteiger partial charge is 0.227 e. The van der Waals surface area contributed by atoms with E-state index >= 15 is 0 Å². The summed E-state index contributed by atoms with van der Waals surface area (Å²) in [5, 5.41) is 4.27. The Morgan fingerprint density at radius 1 is 1.12 bits per heavy atom. The summed E-state index contributed by atoms with van der Waals surface area (Å²) < 4.78 is 6.01. The van der Waals surface area contributed by atoms with Crippen LogP contribution in [0.15, 0.2) is 54.7 Å². The molecule has 1 fully saturated rings. The quantitative estimate of drug-likeness (QED) is 0.798. The molecule has 1 aromatic heterocycles. The molecule has 0 radical (unpaired) electrons. The monoisotopic (exact) mass is 320 g/mol. The van der Waals surface area contributed by atoms with Gasteiger partial charge in [-0.25, -0.2) is 9.97 Å². The number of likely N-dealkylation sites (N-methyl/N-ethyl adjacent to an activating group) is 1. The first-order valence-electron chi connectivity index (χ1n) is 8.20. The Kier molecular flexibility index (Phi) is 4.01. The average molecular weight is 320 g/mol. The molecule has 1 aliphatic heterocycles. The van der Waals surface area contributed by atoms with Gasteiger partial charge in [-0.15, -0.1) is 0 Å². The Balaban J connectivity index is 1.44. The first-order valence-corrected chi connectivity index (χ1v) is 8.20. The van der Waals surface area contributed by atoms with Gasteiger partial charge in [-0.2, -0.15) is 0 Å². The molecular weight excluding hydrogens is 300 g/mol. The average Bonchev–Trinajstić information content (AvgIpc) is 3.01. The van der Waals surface area contributed by atoms with E-state index in [1.165, 1.54) is 0 Å². The Hall–Kier alpha value is -2.66. The molecule has 0 spiro atoms. The normalized spacial score (nSPS) is 18.0. The molecule has 1 atom stereocenters. The van der Waals surface area contributed by atoms with E-state index in [0.717, 1.165) is 41.9 Å². The molecular formula is C19H20N4O. The van der Waals surface area contributed by atoms with Gasteiger partial charge >= 0.3 is 0 Å². The van der Waals surface area contributed by atoms with Gasteiger partial charge in [-0.1, -0.05) is 18.2 Å². The molecule has 2 aromatic carbocycles.